The Balaban J connectivity index is 0.00000288. The summed E-state index contributed by atoms with van der Waals surface area (Å²) in [7, 11) is 0. The molecule has 2 N–H and O–H groups in total. The van der Waals surface area contributed by atoms with E-state index >= 15 is 0 Å². The van der Waals surface area contributed by atoms with Crippen LogP contribution in [-0.2, 0) is 16.0 Å². The van der Waals surface area contributed by atoms with Gasteiger partial charge in [0.25, 0.3) is 5.69 Å². The van der Waals surface area contributed by atoms with Gasteiger partial charge in [0, 0.05) is 31.8 Å². The highest BCUT2D eigenvalue weighted by Gasteiger charge is 2.23. The van der Waals surface area contributed by atoms with Crippen molar-refractivity contribution in [2.24, 2.45) is 5.73 Å². The van der Waals surface area contributed by atoms with Crippen LogP contribution in [0.3, 0.4) is 0 Å². The lowest BCUT2D eigenvalue weighted by atomic mass is 10.1. The first-order valence-electron chi connectivity index (χ1n) is 7.93. The van der Waals surface area contributed by atoms with Crippen molar-refractivity contribution in [3.05, 3.63) is 39.9 Å². The van der Waals surface area contributed by atoms with Gasteiger partial charge in [-0.15, -0.1) is 12.4 Å². The van der Waals surface area contributed by atoms with E-state index in [4.69, 9.17) is 10.5 Å². The molecule has 1 aromatic rings. The molecule has 0 unspecified atom stereocenters. The summed E-state index contributed by atoms with van der Waals surface area (Å²) in [6, 6.07) is 6.14. The second-order valence-corrected chi connectivity index (χ2v) is 5.69. The lowest BCUT2D eigenvalue weighted by Gasteiger charge is -2.32. The molecule has 0 radical (unpaired) electrons. The van der Waals surface area contributed by atoms with Gasteiger partial charge in [0.2, 0.25) is 5.91 Å². The number of benzene rings is 1. The minimum Gasteiger partial charge on any atom is -0.378 e. The molecule has 1 saturated heterocycles. The molecule has 0 aliphatic carbocycles. The van der Waals surface area contributed by atoms with Gasteiger partial charge < -0.3 is 15.4 Å². The number of piperidine rings is 1. The number of ether oxygens (including phenoxy) is 1. The van der Waals surface area contributed by atoms with Crippen LogP contribution >= 0.6 is 12.4 Å². The van der Waals surface area contributed by atoms with Gasteiger partial charge >= 0.3 is 0 Å². The topological polar surface area (TPSA) is 98.7 Å². The Morgan fingerprint density at radius 2 is 1.92 bits per heavy atom. The van der Waals surface area contributed by atoms with Gasteiger partial charge in [-0.3, -0.25) is 14.9 Å². The van der Waals surface area contributed by atoms with Crippen molar-refractivity contribution in [1.82, 2.24) is 4.90 Å². The van der Waals surface area contributed by atoms with E-state index in [-0.39, 0.29) is 36.5 Å². The highest BCUT2D eigenvalue weighted by atomic mass is 35.5. The van der Waals surface area contributed by atoms with Gasteiger partial charge in [-0.05, 0) is 31.4 Å². The molecule has 0 saturated carbocycles. The molecule has 1 amide bonds. The lowest BCUT2D eigenvalue weighted by Crippen LogP contribution is -2.41. The number of likely N-dealkylation sites (tertiary alicyclic amines) is 1. The third-order valence-electron chi connectivity index (χ3n) is 4.00. The third kappa shape index (κ3) is 6.07. The van der Waals surface area contributed by atoms with E-state index in [0.717, 1.165) is 24.8 Å². The van der Waals surface area contributed by atoms with Gasteiger partial charge in [-0.25, -0.2) is 0 Å². The van der Waals surface area contributed by atoms with Crippen LogP contribution in [-0.4, -0.2) is 48.1 Å². The zero-order valence-corrected chi connectivity index (χ0v) is 14.4. The number of carbonyl (C=O) groups is 1. The van der Waals surface area contributed by atoms with Crippen molar-refractivity contribution >= 4 is 24.0 Å². The lowest BCUT2D eigenvalue weighted by molar-refractivity contribution is -0.384. The van der Waals surface area contributed by atoms with E-state index in [2.05, 4.69) is 0 Å². The summed E-state index contributed by atoms with van der Waals surface area (Å²) in [5.74, 6) is 0.0549. The highest BCUT2D eigenvalue weighted by molar-refractivity contribution is 5.85. The number of non-ortho nitro benzene ring substituents is 1. The van der Waals surface area contributed by atoms with E-state index in [1.54, 1.807) is 12.1 Å². The molecule has 0 bridgehead atoms. The Morgan fingerprint density at radius 1 is 1.29 bits per heavy atom. The number of hydrogen-bond donors (Lipinski definition) is 1. The standard InChI is InChI=1S/C16H23N3O4.ClH/c17-8-1-11-23-15-6-9-18(10-7-15)16(20)12-13-2-4-14(5-3-13)19(21)22;/h2-5,15H,1,6-12,17H2;1H. The Bertz CT molecular complexity index is 531. The predicted molar refractivity (Wildman–Crippen MR) is 93.3 cm³/mol. The predicted octanol–water partition coefficient (Wildman–Crippen LogP) is 1.92. The summed E-state index contributed by atoms with van der Waals surface area (Å²) in [4.78, 5) is 24.3. The van der Waals surface area contributed by atoms with E-state index in [9.17, 15) is 14.9 Å². The molecule has 0 aromatic heterocycles. The average Bonchev–Trinajstić information content (AvgIpc) is 2.56. The van der Waals surface area contributed by atoms with Crippen LogP contribution in [0.1, 0.15) is 24.8 Å². The Labute approximate surface area is 147 Å². The Kier molecular flexibility index (Phi) is 8.67. The molecular weight excluding hydrogens is 334 g/mol. The quantitative estimate of drug-likeness (QED) is 0.456. The largest absolute Gasteiger partial charge is 0.378 e. The summed E-state index contributed by atoms with van der Waals surface area (Å²) in [6.07, 6.45) is 3.04. The summed E-state index contributed by atoms with van der Waals surface area (Å²) in [6.45, 7) is 2.70. The van der Waals surface area contributed by atoms with Crippen molar-refractivity contribution in [3.8, 4) is 0 Å². The van der Waals surface area contributed by atoms with Crippen LogP contribution < -0.4 is 5.73 Å². The molecule has 24 heavy (non-hydrogen) atoms. The van der Waals surface area contributed by atoms with Crippen LogP contribution in [0.15, 0.2) is 24.3 Å². The number of nitrogens with two attached hydrogens (primary N) is 1. The zero-order valence-electron chi connectivity index (χ0n) is 13.6. The number of nitro benzene ring substituents is 1. The van der Waals surface area contributed by atoms with Gasteiger partial charge in [0.1, 0.15) is 0 Å². The Hall–Kier alpha value is -1.70. The number of amides is 1. The second kappa shape index (κ2) is 10.2. The van der Waals surface area contributed by atoms with E-state index in [1.807, 2.05) is 4.90 Å². The average molecular weight is 358 g/mol. The molecule has 0 atom stereocenters. The fourth-order valence-electron chi connectivity index (χ4n) is 2.63. The highest BCUT2D eigenvalue weighted by Crippen LogP contribution is 2.17. The minimum absolute atomic E-state index is 0. The molecule has 0 spiro atoms. The van der Waals surface area contributed by atoms with Crippen LogP contribution in [0, 0.1) is 10.1 Å². The maximum Gasteiger partial charge on any atom is 0.269 e. The second-order valence-electron chi connectivity index (χ2n) is 5.69. The van der Waals surface area contributed by atoms with Crippen LogP contribution in [0.25, 0.3) is 0 Å². The van der Waals surface area contributed by atoms with Crippen LogP contribution in [0.2, 0.25) is 0 Å². The van der Waals surface area contributed by atoms with Gasteiger partial charge in [-0.1, -0.05) is 12.1 Å². The van der Waals surface area contributed by atoms with E-state index < -0.39 is 4.92 Å². The molecular formula is C16H24ClN3O4. The number of carbonyl (C=O) groups excluding carboxylic acids is 1. The molecule has 1 heterocycles. The van der Waals surface area contributed by atoms with Gasteiger partial charge in [0.15, 0.2) is 0 Å². The van der Waals surface area contributed by atoms with Crippen molar-refractivity contribution in [2.45, 2.75) is 31.8 Å². The van der Waals surface area contributed by atoms with Crippen LogP contribution in [0.5, 0.6) is 0 Å². The number of halogens is 1. The summed E-state index contributed by atoms with van der Waals surface area (Å²) < 4.78 is 5.72. The molecule has 1 aliphatic rings. The SMILES string of the molecule is Cl.NCCCOC1CCN(C(=O)Cc2ccc([N+](=O)[O-])cc2)CC1. The van der Waals surface area contributed by atoms with Gasteiger partial charge in [0.05, 0.1) is 17.4 Å². The van der Waals surface area contributed by atoms with E-state index in [0.29, 0.717) is 26.2 Å². The molecule has 8 heteroatoms. The van der Waals surface area contributed by atoms with Gasteiger partial charge in [-0.2, -0.15) is 0 Å². The first-order chi connectivity index (χ1) is 11.1. The fourth-order valence-corrected chi connectivity index (χ4v) is 2.63. The Morgan fingerprint density at radius 3 is 2.46 bits per heavy atom. The van der Waals surface area contributed by atoms with Crippen molar-refractivity contribution < 1.29 is 14.5 Å². The minimum atomic E-state index is -0.443. The molecule has 1 aromatic carbocycles. The number of hydrogen-bond acceptors (Lipinski definition) is 5. The normalized spacial score (nSPS) is 15.0. The van der Waals surface area contributed by atoms with E-state index in [1.165, 1.54) is 12.1 Å². The molecule has 1 fully saturated rings. The molecule has 7 nitrogen and oxygen atoms in total. The van der Waals surface area contributed by atoms with Crippen LogP contribution in [0.4, 0.5) is 5.69 Å². The van der Waals surface area contributed by atoms with Crippen molar-refractivity contribution in [2.75, 3.05) is 26.2 Å². The van der Waals surface area contributed by atoms with Crippen molar-refractivity contribution in [1.29, 1.82) is 0 Å². The summed E-state index contributed by atoms with van der Waals surface area (Å²) in [5, 5.41) is 10.6. The number of rotatable bonds is 7. The van der Waals surface area contributed by atoms with Crippen molar-refractivity contribution in [3.63, 3.8) is 0 Å². The fraction of sp³-hybridized carbons (Fsp3) is 0.562. The maximum absolute atomic E-state index is 12.3. The number of nitro groups is 1. The molecule has 2 rings (SSSR count). The maximum atomic E-state index is 12.3. The number of nitrogens with zero attached hydrogens (tertiary/aromatic N) is 2. The summed E-state index contributed by atoms with van der Waals surface area (Å²) in [5.41, 5.74) is 6.27. The summed E-state index contributed by atoms with van der Waals surface area (Å²) >= 11 is 0. The molecule has 134 valence electrons. The monoisotopic (exact) mass is 357 g/mol. The smallest absolute Gasteiger partial charge is 0.269 e. The zero-order chi connectivity index (χ0) is 16.7. The first-order valence-corrected chi connectivity index (χ1v) is 7.93. The third-order valence-corrected chi connectivity index (χ3v) is 4.00. The molecule has 1 aliphatic heterocycles. The first kappa shape index (κ1) is 20.3.